The van der Waals surface area contributed by atoms with E-state index < -0.39 is 111 Å². The van der Waals surface area contributed by atoms with Gasteiger partial charge in [-0.1, -0.05) is 85.0 Å². The summed E-state index contributed by atoms with van der Waals surface area (Å²) >= 11 is 0. The number of nitrogens with zero attached hydrogens (tertiary/aromatic N) is 1. The van der Waals surface area contributed by atoms with Gasteiger partial charge in [0, 0.05) is 128 Å². The number of ketones is 2. The van der Waals surface area contributed by atoms with Gasteiger partial charge in [0.2, 0.25) is 23.6 Å². The summed E-state index contributed by atoms with van der Waals surface area (Å²) in [6.07, 6.45) is 7.49. The van der Waals surface area contributed by atoms with Crippen LogP contribution in [-0.4, -0.2) is 295 Å². The Balaban J connectivity index is 1.26. The first-order valence-electron chi connectivity index (χ1n) is 43.8. The second-order valence-corrected chi connectivity index (χ2v) is 32.5. The monoisotopic (exact) mass is 1680 g/mol. The van der Waals surface area contributed by atoms with Crippen molar-refractivity contribution < 1.29 is 136 Å². The van der Waals surface area contributed by atoms with Crippen molar-refractivity contribution in [3.63, 3.8) is 0 Å². The third kappa shape index (κ3) is 42.0. The van der Waals surface area contributed by atoms with Gasteiger partial charge in [-0.3, -0.25) is 38.4 Å². The highest BCUT2D eigenvalue weighted by Gasteiger charge is 2.45. The average Bonchev–Trinajstić information content (AvgIpc) is 1.63. The number of ether oxygens (including phenoxy) is 10. The molecule has 4 heterocycles. The third-order valence-corrected chi connectivity index (χ3v) is 23.0. The number of carbonyl (C=O) groups excluding carboxylic acids is 9. The Kier molecular flexibility index (Phi) is 54.4. The van der Waals surface area contributed by atoms with Crippen LogP contribution in [0.15, 0.2) is 0 Å². The van der Waals surface area contributed by atoms with E-state index in [1.807, 2.05) is 0 Å². The molecule has 0 aromatic carbocycles. The first-order chi connectivity index (χ1) is 56.3. The number of nitrogens with one attached hydrogen (secondary N) is 4. The molecule has 33 nitrogen and oxygen atoms in total. The number of Topliss-reactive ketones (excluding diaryl/α,β-unsaturated/α-hetero) is 2. The number of rotatable bonds is 66. The first-order valence-corrected chi connectivity index (χ1v) is 43.8. The van der Waals surface area contributed by atoms with Crippen LogP contribution in [0.25, 0.3) is 0 Å². The largest absolute Gasteiger partial charge is 0.466 e. The van der Waals surface area contributed by atoms with Gasteiger partial charge in [-0.2, -0.15) is 0 Å². The molecule has 13 N–H and O–H groups in total. The van der Waals surface area contributed by atoms with E-state index >= 15 is 0 Å². The number of hydrogen-bond donors (Lipinski definition) is 13. The number of carbonyl (C=O) groups is 9. The van der Waals surface area contributed by atoms with Crippen LogP contribution in [0.2, 0.25) is 0 Å². The number of methoxy groups -OCH3 is 2. The van der Waals surface area contributed by atoms with Crippen LogP contribution in [-0.2, 0) is 85.7 Å². The third-order valence-electron chi connectivity index (χ3n) is 23.0. The molecule has 0 bridgehead atoms. The van der Waals surface area contributed by atoms with Gasteiger partial charge in [-0.25, -0.2) is 4.79 Å². The number of esters is 2. The summed E-state index contributed by atoms with van der Waals surface area (Å²) in [4.78, 5) is 119. The van der Waals surface area contributed by atoms with Gasteiger partial charge >= 0.3 is 18.0 Å². The number of aliphatic hydroxyl groups excluding tert-OH is 9. The standard InChI is InChI=1S/C84H149N5O28/c1-58-65(115-66(54-90)78(104)75(58)101)33-19-20-34-69(95)85-44-22-12-7-10-16-37-73(99)110-49-27-41-84(88-71(97)40-39-63(94)31-18-21-36-72(98)89-53-64(109-5)52-61(89)57-108-4,42-28-50-111-74(100)38-17-11-8-13-23-45-86-70(96)35-26-48-113-82-60(3)77(103)80(106)68(56-92)117-82)43-29-51-114-83(107)87-46-24-14-6-9-15-30-62(93)32-25-47-112-81-59(2)76(102)79(105)67(55-91)116-81/h58-61,64-68,75-82,90-92,101-106H,6-57H2,1-5H3,(H,85,95)(H,86,96)(H,87,107)(H,88,97)/t58?,59?,60?,61-,64+,65?,66?,67?,68?,75?,76?,77?,78?,79?,80?,81?,82?,84?/m1/s1. The predicted molar refractivity (Wildman–Crippen MR) is 429 cm³/mol. The molecule has 33 heteroatoms. The molecule has 18 atom stereocenters. The fraction of sp³-hybridized carbons (Fsp3) is 0.893. The molecule has 0 aromatic heterocycles. The zero-order valence-corrected chi connectivity index (χ0v) is 70.8. The fourth-order valence-corrected chi connectivity index (χ4v) is 15.5. The van der Waals surface area contributed by atoms with Crippen LogP contribution in [0, 0.1) is 17.8 Å². The maximum absolute atomic E-state index is 14.1. The summed E-state index contributed by atoms with van der Waals surface area (Å²) in [5, 5.41) is 102. The van der Waals surface area contributed by atoms with Gasteiger partial charge in [0.05, 0.1) is 96.0 Å². The molecule has 0 spiro atoms. The van der Waals surface area contributed by atoms with Crippen molar-refractivity contribution >= 4 is 53.2 Å². The van der Waals surface area contributed by atoms with Crippen molar-refractivity contribution in [2.45, 2.75) is 362 Å². The lowest BCUT2D eigenvalue weighted by Gasteiger charge is -2.41. The summed E-state index contributed by atoms with van der Waals surface area (Å²) in [5.41, 5.74) is -0.980. The topological polar surface area (TPSA) is 479 Å². The fourth-order valence-electron chi connectivity index (χ4n) is 15.5. The number of amides is 5. The SMILES string of the molecule is COC[C@H]1C[C@H](OC)CN1C(=O)CCCCC(=O)CCC(=O)NC(CCCOC(=O)CCCCCCCNC(=O)CCCCC1OC(CO)C(O)C(O)C1C)(CCCOC(=O)CCCCCCCNC(=O)CCCOC1OC(CO)C(O)C(O)C1C)CCCOC(=O)NCCCCCCCC(=O)CCCOC1OC(CO)C(O)C(O)C1C. The molecule has 0 aromatic rings. The highest BCUT2D eigenvalue weighted by Crippen LogP contribution is 2.33. The van der Waals surface area contributed by atoms with Crippen molar-refractivity contribution in [1.29, 1.82) is 0 Å². The molecule has 117 heavy (non-hydrogen) atoms. The number of alkyl carbamates (subject to hydrolysis) is 1. The van der Waals surface area contributed by atoms with Gasteiger partial charge in [-0.05, 0) is 122 Å². The van der Waals surface area contributed by atoms with Gasteiger partial charge < -0.3 is 119 Å². The van der Waals surface area contributed by atoms with Crippen LogP contribution in [0.3, 0.4) is 0 Å². The van der Waals surface area contributed by atoms with Crippen LogP contribution >= 0.6 is 0 Å². The predicted octanol–water partition coefficient (Wildman–Crippen LogP) is 5.41. The normalized spacial score (nSPS) is 25.8. The molecular formula is C84H149N5O28. The highest BCUT2D eigenvalue weighted by molar-refractivity contribution is 5.85. The minimum atomic E-state index is -1.23. The van der Waals surface area contributed by atoms with Crippen molar-refractivity contribution in [3.8, 4) is 0 Å². The highest BCUT2D eigenvalue weighted by atomic mass is 16.7. The Morgan fingerprint density at radius 1 is 0.402 bits per heavy atom. The molecule has 678 valence electrons. The zero-order valence-electron chi connectivity index (χ0n) is 70.8. The summed E-state index contributed by atoms with van der Waals surface area (Å²) in [6.45, 7) is 6.54. The van der Waals surface area contributed by atoms with E-state index in [0.717, 1.165) is 70.6 Å². The summed E-state index contributed by atoms with van der Waals surface area (Å²) in [5.74, 6) is -2.75. The lowest BCUT2D eigenvalue weighted by atomic mass is 9.83. The average molecular weight is 1680 g/mol. The Labute approximate surface area is 693 Å². The van der Waals surface area contributed by atoms with Crippen LogP contribution < -0.4 is 21.3 Å². The minimum Gasteiger partial charge on any atom is -0.466 e. The number of hydrogen-bond acceptors (Lipinski definition) is 28. The van der Waals surface area contributed by atoms with Gasteiger partial charge in [-0.15, -0.1) is 0 Å². The van der Waals surface area contributed by atoms with E-state index in [1.165, 1.54) is 0 Å². The summed E-state index contributed by atoms with van der Waals surface area (Å²) < 4.78 is 56.4. The molecule has 0 aliphatic carbocycles. The van der Waals surface area contributed by atoms with Gasteiger partial charge in [0.25, 0.3) is 0 Å². The zero-order chi connectivity index (χ0) is 85.8. The second-order valence-electron chi connectivity index (χ2n) is 32.5. The molecule has 4 rings (SSSR count). The number of aliphatic hydroxyl groups is 9. The molecule has 16 unspecified atom stereocenters. The summed E-state index contributed by atoms with van der Waals surface area (Å²) in [6, 6.07) is -0.0885. The van der Waals surface area contributed by atoms with Crippen molar-refractivity contribution in [1.82, 2.24) is 26.2 Å². The Hall–Kier alpha value is -5.21. The molecule has 4 aliphatic heterocycles. The lowest BCUT2D eigenvalue weighted by molar-refractivity contribution is -0.282. The molecule has 4 saturated heterocycles. The lowest BCUT2D eigenvalue weighted by Crippen LogP contribution is -2.55. The van der Waals surface area contributed by atoms with E-state index in [9.17, 15) is 89.1 Å². The van der Waals surface area contributed by atoms with E-state index in [2.05, 4.69) is 21.3 Å². The van der Waals surface area contributed by atoms with E-state index in [1.54, 1.807) is 39.9 Å². The van der Waals surface area contributed by atoms with Crippen molar-refractivity contribution in [3.05, 3.63) is 0 Å². The molecule has 4 aliphatic rings. The number of unbranched alkanes of at least 4 members (excludes halogenated alkanes) is 14. The molecule has 0 radical (unpaired) electrons. The van der Waals surface area contributed by atoms with Crippen LogP contribution in [0.5, 0.6) is 0 Å². The van der Waals surface area contributed by atoms with Crippen molar-refractivity contribution in [2.75, 3.05) is 99.9 Å². The van der Waals surface area contributed by atoms with Crippen LogP contribution in [0.1, 0.15) is 271 Å². The van der Waals surface area contributed by atoms with E-state index in [0.29, 0.717) is 168 Å². The maximum Gasteiger partial charge on any atom is 0.407 e. The smallest absolute Gasteiger partial charge is 0.407 e. The Bertz CT molecular complexity index is 2550. The second kappa shape index (κ2) is 61.1. The van der Waals surface area contributed by atoms with Crippen LogP contribution in [0.4, 0.5) is 4.79 Å². The van der Waals surface area contributed by atoms with E-state index in [-0.39, 0.29) is 149 Å². The minimum absolute atomic E-state index is 0.00573. The molecule has 0 saturated carbocycles. The Morgan fingerprint density at radius 2 is 0.812 bits per heavy atom. The Morgan fingerprint density at radius 3 is 1.32 bits per heavy atom. The molecule has 5 amide bonds. The number of likely N-dealkylation sites (tertiary alicyclic amines) is 1. The molecule has 4 fully saturated rings. The van der Waals surface area contributed by atoms with Gasteiger partial charge in [0.1, 0.15) is 48.2 Å². The van der Waals surface area contributed by atoms with E-state index in [4.69, 9.17) is 47.4 Å². The first kappa shape index (κ1) is 104. The quantitative estimate of drug-likeness (QED) is 0.0205. The maximum atomic E-state index is 14.1. The van der Waals surface area contributed by atoms with Crippen molar-refractivity contribution in [2.24, 2.45) is 17.8 Å². The van der Waals surface area contributed by atoms with Gasteiger partial charge in [0.15, 0.2) is 12.6 Å². The summed E-state index contributed by atoms with van der Waals surface area (Å²) in [7, 11) is 3.21. The molecular weight excluding hydrogens is 1530 g/mol.